The molecular formula is C17H20BrN3O2. The van der Waals surface area contributed by atoms with Crippen LogP contribution in [0.15, 0.2) is 47.2 Å². The van der Waals surface area contributed by atoms with Crippen LogP contribution in [0, 0.1) is 0 Å². The minimum absolute atomic E-state index is 0.326. The summed E-state index contributed by atoms with van der Waals surface area (Å²) in [6.07, 6.45) is 3.75. The Morgan fingerprint density at radius 3 is 2.39 bits per heavy atom. The van der Waals surface area contributed by atoms with Gasteiger partial charge in [0, 0.05) is 18.8 Å². The van der Waals surface area contributed by atoms with E-state index in [0.29, 0.717) is 12.4 Å². The lowest BCUT2D eigenvalue weighted by molar-refractivity contribution is -0.155. The molecule has 23 heavy (non-hydrogen) atoms. The van der Waals surface area contributed by atoms with Crippen LogP contribution in [0.2, 0.25) is 0 Å². The number of aromatic nitrogens is 2. The zero-order valence-electron chi connectivity index (χ0n) is 13.4. The molecule has 0 amide bonds. The number of hydrogen-bond acceptors (Lipinski definition) is 5. The molecule has 6 heteroatoms. The highest BCUT2D eigenvalue weighted by atomic mass is 79.9. The van der Waals surface area contributed by atoms with E-state index in [9.17, 15) is 4.79 Å². The van der Waals surface area contributed by atoms with Crippen LogP contribution in [0.5, 0.6) is 0 Å². The van der Waals surface area contributed by atoms with E-state index in [1.807, 2.05) is 51.1 Å². The molecule has 1 N–H and O–H groups in total. The number of hydrogen-bond donors (Lipinski definition) is 1. The lowest BCUT2D eigenvalue weighted by Gasteiger charge is -2.24. The molecule has 0 aliphatic heterocycles. The second-order valence-electron chi connectivity index (χ2n) is 6.15. The van der Waals surface area contributed by atoms with Gasteiger partial charge in [-0.05, 0) is 42.3 Å². The van der Waals surface area contributed by atoms with Gasteiger partial charge in [-0.3, -0.25) is 0 Å². The lowest BCUT2D eigenvalue weighted by Crippen LogP contribution is -2.38. The van der Waals surface area contributed by atoms with E-state index in [1.54, 1.807) is 12.4 Å². The van der Waals surface area contributed by atoms with Gasteiger partial charge in [-0.1, -0.05) is 30.3 Å². The van der Waals surface area contributed by atoms with Gasteiger partial charge in [0.25, 0.3) is 0 Å². The molecule has 1 atom stereocenters. The molecule has 1 heterocycles. The molecule has 0 aliphatic carbocycles. The molecule has 1 aromatic heterocycles. The topological polar surface area (TPSA) is 64.1 Å². The Balaban J connectivity index is 2.16. The van der Waals surface area contributed by atoms with Gasteiger partial charge in [0.15, 0.2) is 0 Å². The molecule has 1 aromatic carbocycles. The summed E-state index contributed by atoms with van der Waals surface area (Å²) in [5, 5.41) is 3.06. The van der Waals surface area contributed by atoms with Gasteiger partial charge < -0.3 is 10.1 Å². The zero-order valence-corrected chi connectivity index (χ0v) is 15.0. The summed E-state index contributed by atoms with van der Waals surface area (Å²) in [5.41, 5.74) is 0.488. The minimum Gasteiger partial charge on any atom is -0.458 e. The summed E-state index contributed by atoms with van der Waals surface area (Å²) in [5.74, 6) is 0.0628. The van der Waals surface area contributed by atoms with Crippen molar-refractivity contribution in [3.05, 3.63) is 52.8 Å². The SMILES string of the molecule is CC(C)(C)OC(=O)C(Cc1ccccc1)Nc1ncc(Br)cn1. The van der Waals surface area contributed by atoms with E-state index in [0.717, 1.165) is 10.0 Å². The minimum atomic E-state index is -0.558. The highest BCUT2D eigenvalue weighted by Gasteiger charge is 2.26. The van der Waals surface area contributed by atoms with Crippen LogP contribution in [0.4, 0.5) is 5.95 Å². The molecule has 1 unspecified atom stereocenters. The second-order valence-corrected chi connectivity index (χ2v) is 7.06. The Morgan fingerprint density at radius 1 is 1.22 bits per heavy atom. The number of anilines is 1. The molecular weight excluding hydrogens is 358 g/mol. The first-order chi connectivity index (χ1) is 10.8. The van der Waals surface area contributed by atoms with E-state index >= 15 is 0 Å². The number of nitrogens with zero attached hydrogens (tertiary/aromatic N) is 2. The third-order valence-corrected chi connectivity index (χ3v) is 3.31. The van der Waals surface area contributed by atoms with Gasteiger partial charge in [0.05, 0.1) is 4.47 Å². The largest absolute Gasteiger partial charge is 0.458 e. The number of carbonyl (C=O) groups is 1. The number of rotatable bonds is 5. The normalized spacial score (nSPS) is 12.5. The van der Waals surface area contributed by atoms with Crippen molar-refractivity contribution < 1.29 is 9.53 Å². The predicted octanol–water partition coefficient (Wildman–Crippen LogP) is 3.60. The van der Waals surface area contributed by atoms with Crippen molar-refractivity contribution in [2.24, 2.45) is 0 Å². The monoisotopic (exact) mass is 377 g/mol. The summed E-state index contributed by atoms with van der Waals surface area (Å²) in [4.78, 5) is 20.8. The summed E-state index contributed by atoms with van der Waals surface area (Å²) in [6, 6.07) is 9.22. The number of benzene rings is 1. The number of nitrogens with one attached hydrogen (secondary N) is 1. The highest BCUT2D eigenvalue weighted by Crippen LogP contribution is 2.15. The van der Waals surface area contributed by atoms with Gasteiger partial charge >= 0.3 is 5.97 Å². The van der Waals surface area contributed by atoms with Crippen LogP contribution < -0.4 is 5.32 Å². The number of ether oxygens (including phenoxy) is 1. The van der Waals surface area contributed by atoms with Crippen molar-refractivity contribution in [3.8, 4) is 0 Å². The average molecular weight is 378 g/mol. The summed E-state index contributed by atoms with van der Waals surface area (Å²) in [6.45, 7) is 5.54. The van der Waals surface area contributed by atoms with Gasteiger partial charge in [-0.15, -0.1) is 0 Å². The zero-order chi connectivity index (χ0) is 16.9. The van der Waals surface area contributed by atoms with Crippen LogP contribution >= 0.6 is 15.9 Å². The molecule has 0 bridgehead atoms. The molecule has 2 rings (SSSR count). The summed E-state index contributed by atoms with van der Waals surface area (Å²) >= 11 is 3.29. The van der Waals surface area contributed by atoms with Gasteiger partial charge in [-0.2, -0.15) is 0 Å². The van der Waals surface area contributed by atoms with Crippen molar-refractivity contribution in [3.63, 3.8) is 0 Å². The number of esters is 1. The summed E-state index contributed by atoms with van der Waals surface area (Å²) < 4.78 is 6.28. The van der Waals surface area contributed by atoms with Crippen molar-refractivity contribution in [2.45, 2.75) is 38.8 Å². The fourth-order valence-electron chi connectivity index (χ4n) is 1.96. The Labute approximate surface area is 144 Å². The van der Waals surface area contributed by atoms with Crippen LogP contribution in [0.1, 0.15) is 26.3 Å². The standard InChI is InChI=1S/C17H20BrN3O2/c1-17(2,3)23-15(22)14(9-12-7-5-4-6-8-12)21-16-19-10-13(18)11-20-16/h4-8,10-11,14H,9H2,1-3H3,(H,19,20,21). The third-order valence-electron chi connectivity index (χ3n) is 2.90. The molecule has 0 fully saturated rings. The Kier molecular flexibility index (Phi) is 5.71. The summed E-state index contributed by atoms with van der Waals surface area (Å²) in [7, 11) is 0. The highest BCUT2D eigenvalue weighted by molar-refractivity contribution is 9.10. The first kappa shape index (κ1) is 17.4. The second kappa shape index (κ2) is 7.55. The maximum Gasteiger partial charge on any atom is 0.329 e. The van der Waals surface area contributed by atoms with Gasteiger partial charge in [0.1, 0.15) is 11.6 Å². The smallest absolute Gasteiger partial charge is 0.329 e. The van der Waals surface area contributed by atoms with Crippen LogP contribution in [0.3, 0.4) is 0 Å². The Morgan fingerprint density at radius 2 is 1.83 bits per heavy atom. The Bertz CT molecular complexity index is 639. The lowest BCUT2D eigenvalue weighted by atomic mass is 10.1. The van der Waals surface area contributed by atoms with Crippen molar-refractivity contribution in [2.75, 3.05) is 5.32 Å². The van der Waals surface area contributed by atoms with Crippen molar-refractivity contribution >= 4 is 27.8 Å². The quantitative estimate of drug-likeness (QED) is 0.806. The van der Waals surface area contributed by atoms with Crippen LogP contribution in [-0.4, -0.2) is 27.6 Å². The fourth-order valence-corrected chi connectivity index (χ4v) is 2.16. The van der Waals surface area contributed by atoms with Crippen LogP contribution in [0.25, 0.3) is 0 Å². The molecule has 0 spiro atoms. The molecule has 5 nitrogen and oxygen atoms in total. The first-order valence-corrected chi connectivity index (χ1v) is 8.14. The molecule has 122 valence electrons. The third kappa shape index (κ3) is 5.98. The van der Waals surface area contributed by atoms with E-state index < -0.39 is 11.6 Å². The predicted molar refractivity (Wildman–Crippen MR) is 93.1 cm³/mol. The van der Waals surface area contributed by atoms with E-state index in [-0.39, 0.29) is 5.97 Å². The van der Waals surface area contributed by atoms with Gasteiger partial charge in [0.2, 0.25) is 5.95 Å². The first-order valence-electron chi connectivity index (χ1n) is 7.34. The maximum absolute atomic E-state index is 12.5. The molecule has 0 radical (unpaired) electrons. The molecule has 0 saturated carbocycles. The Hall–Kier alpha value is -1.95. The maximum atomic E-state index is 12.5. The van der Waals surface area contributed by atoms with Gasteiger partial charge in [-0.25, -0.2) is 14.8 Å². The number of halogens is 1. The average Bonchev–Trinajstić information content (AvgIpc) is 2.48. The van der Waals surface area contributed by atoms with E-state index in [4.69, 9.17) is 4.74 Å². The molecule has 0 saturated heterocycles. The van der Waals surface area contributed by atoms with Crippen LogP contribution in [-0.2, 0) is 16.0 Å². The van der Waals surface area contributed by atoms with E-state index in [2.05, 4.69) is 31.2 Å². The number of carbonyl (C=O) groups excluding carboxylic acids is 1. The molecule has 2 aromatic rings. The molecule has 0 aliphatic rings. The van der Waals surface area contributed by atoms with E-state index in [1.165, 1.54) is 0 Å². The van der Waals surface area contributed by atoms with Crippen molar-refractivity contribution in [1.29, 1.82) is 0 Å². The fraction of sp³-hybridized carbons (Fsp3) is 0.353. The van der Waals surface area contributed by atoms with Crippen molar-refractivity contribution in [1.82, 2.24) is 9.97 Å².